The van der Waals surface area contributed by atoms with Crippen molar-refractivity contribution in [1.82, 2.24) is 9.97 Å². The molecule has 4 nitrogen and oxygen atoms in total. The lowest BCUT2D eigenvalue weighted by molar-refractivity contribution is 0.103. The first kappa shape index (κ1) is 14.5. The number of benzene rings is 1. The van der Waals surface area contributed by atoms with Crippen LogP contribution >= 0.6 is 11.3 Å². The number of H-pyrrole nitrogens is 1. The lowest BCUT2D eigenvalue weighted by Crippen LogP contribution is -2.12. The van der Waals surface area contributed by atoms with Crippen molar-refractivity contribution in [2.75, 3.05) is 5.32 Å². The van der Waals surface area contributed by atoms with Crippen LogP contribution in [0.5, 0.6) is 0 Å². The van der Waals surface area contributed by atoms with Gasteiger partial charge in [-0.3, -0.25) is 4.79 Å². The molecule has 1 aromatic carbocycles. The maximum Gasteiger partial charge on any atom is 0.267 e. The number of aromatic amines is 1. The second-order valence-electron chi connectivity index (χ2n) is 5.34. The number of aryl methyl sites for hydroxylation is 3. The van der Waals surface area contributed by atoms with Gasteiger partial charge in [0, 0.05) is 11.9 Å². The van der Waals surface area contributed by atoms with Crippen LogP contribution < -0.4 is 5.32 Å². The summed E-state index contributed by atoms with van der Waals surface area (Å²) >= 11 is 1.38. The van der Waals surface area contributed by atoms with Crippen LogP contribution in [-0.2, 0) is 0 Å². The quantitative estimate of drug-likeness (QED) is 0.757. The van der Waals surface area contributed by atoms with E-state index in [1.165, 1.54) is 16.9 Å². The van der Waals surface area contributed by atoms with Crippen LogP contribution in [-0.4, -0.2) is 15.9 Å². The van der Waals surface area contributed by atoms with E-state index in [-0.39, 0.29) is 5.91 Å². The summed E-state index contributed by atoms with van der Waals surface area (Å²) in [6.07, 6.45) is 3.46. The summed E-state index contributed by atoms with van der Waals surface area (Å²) < 4.78 is 0. The van der Waals surface area contributed by atoms with Crippen molar-refractivity contribution >= 4 is 22.9 Å². The Hall–Kier alpha value is -2.40. The number of aromatic nitrogens is 2. The topological polar surface area (TPSA) is 57.8 Å². The van der Waals surface area contributed by atoms with Crippen LogP contribution in [0, 0.1) is 20.8 Å². The number of amides is 1. The molecule has 0 saturated heterocycles. The Morgan fingerprint density at radius 1 is 1.23 bits per heavy atom. The zero-order valence-corrected chi connectivity index (χ0v) is 13.5. The molecule has 0 bridgehead atoms. The zero-order valence-electron chi connectivity index (χ0n) is 12.7. The number of nitrogens with one attached hydrogen (secondary N) is 2. The molecule has 2 heterocycles. The Kier molecular flexibility index (Phi) is 3.81. The molecule has 0 atom stereocenters. The maximum atomic E-state index is 12.4. The van der Waals surface area contributed by atoms with Crippen molar-refractivity contribution in [3.05, 3.63) is 58.2 Å². The molecule has 112 valence electrons. The molecule has 0 fully saturated rings. The fraction of sp³-hybridized carbons (Fsp3) is 0.176. The summed E-state index contributed by atoms with van der Waals surface area (Å²) in [6.45, 7) is 6.07. The Labute approximate surface area is 133 Å². The van der Waals surface area contributed by atoms with Crippen LogP contribution in [0.1, 0.15) is 26.4 Å². The third-order valence-electron chi connectivity index (χ3n) is 3.47. The van der Waals surface area contributed by atoms with Crippen LogP contribution in [0.4, 0.5) is 5.69 Å². The number of anilines is 1. The normalized spacial score (nSPS) is 10.7. The van der Waals surface area contributed by atoms with Crippen molar-refractivity contribution in [1.29, 1.82) is 0 Å². The first-order chi connectivity index (χ1) is 10.5. The fourth-order valence-electron chi connectivity index (χ4n) is 2.52. The average molecular weight is 311 g/mol. The predicted molar refractivity (Wildman–Crippen MR) is 90.5 cm³/mol. The van der Waals surface area contributed by atoms with Gasteiger partial charge in [0.05, 0.1) is 11.9 Å². The van der Waals surface area contributed by atoms with E-state index in [2.05, 4.69) is 34.3 Å². The molecule has 5 heteroatoms. The molecule has 1 amide bonds. The molecule has 0 unspecified atom stereocenters. The second kappa shape index (κ2) is 5.77. The van der Waals surface area contributed by atoms with Gasteiger partial charge in [-0.1, -0.05) is 17.7 Å². The lowest BCUT2D eigenvalue weighted by atomic mass is 10.1. The molecule has 3 aromatic rings. The van der Waals surface area contributed by atoms with E-state index < -0.39 is 0 Å². The summed E-state index contributed by atoms with van der Waals surface area (Å²) in [7, 11) is 0. The molecule has 0 saturated carbocycles. The lowest BCUT2D eigenvalue weighted by Gasteiger charge is -2.11. The monoisotopic (exact) mass is 311 g/mol. The van der Waals surface area contributed by atoms with E-state index in [1.54, 1.807) is 6.20 Å². The Balaban J connectivity index is 1.84. The summed E-state index contributed by atoms with van der Waals surface area (Å²) in [6, 6.07) is 7.99. The fourth-order valence-corrected chi connectivity index (χ4v) is 3.32. The summed E-state index contributed by atoms with van der Waals surface area (Å²) in [4.78, 5) is 20.4. The van der Waals surface area contributed by atoms with Gasteiger partial charge < -0.3 is 10.3 Å². The summed E-state index contributed by atoms with van der Waals surface area (Å²) in [5.74, 6) is -0.120. The highest BCUT2D eigenvalue weighted by atomic mass is 32.1. The molecule has 2 N–H and O–H groups in total. The van der Waals surface area contributed by atoms with Gasteiger partial charge in [0.15, 0.2) is 0 Å². The Morgan fingerprint density at radius 3 is 2.59 bits per heavy atom. The van der Waals surface area contributed by atoms with Crippen LogP contribution in [0.3, 0.4) is 0 Å². The van der Waals surface area contributed by atoms with E-state index in [0.717, 1.165) is 27.5 Å². The number of rotatable bonds is 3. The van der Waals surface area contributed by atoms with Crippen LogP contribution in [0.25, 0.3) is 10.7 Å². The molecule has 0 aliphatic rings. The number of carbonyl (C=O) groups excluding carboxylic acids is 1. The summed E-state index contributed by atoms with van der Waals surface area (Å²) in [5, 5.41) is 3.81. The van der Waals surface area contributed by atoms with Gasteiger partial charge in [-0.2, -0.15) is 0 Å². The molecular weight excluding hydrogens is 294 g/mol. The van der Waals surface area contributed by atoms with Gasteiger partial charge in [0.2, 0.25) is 0 Å². The minimum absolute atomic E-state index is 0.120. The molecule has 2 aromatic heterocycles. The number of carbonyl (C=O) groups is 1. The highest BCUT2D eigenvalue weighted by molar-refractivity contribution is 7.17. The molecular formula is C17H17N3OS. The third-order valence-corrected chi connectivity index (χ3v) is 4.50. The van der Waals surface area contributed by atoms with Crippen molar-refractivity contribution in [3.63, 3.8) is 0 Å². The van der Waals surface area contributed by atoms with Gasteiger partial charge in [-0.25, -0.2) is 4.98 Å². The van der Waals surface area contributed by atoms with E-state index in [9.17, 15) is 4.79 Å². The minimum Gasteiger partial charge on any atom is -0.359 e. The SMILES string of the molecule is Cc1cc(C)c(NC(=O)c2cnc(-c3ccc[nH]3)s2)c(C)c1. The van der Waals surface area contributed by atoms with E-state index in [0.29, 0.717) is 4.88 Å². The average Bonchev–Trinajstić information content (AvgIpc) is 3.12. The predicted octanol–water partition coefficient (Wildman–Crippen LogP) is 4.32. The van der Waals surface area contributed by atoms with Crippen molar-refractivity contribution in [2.24, 2.45) is 0 Å². The van der Waals surface area contributed by atoms with Gasteiger partial charge in [0.25, 0.3) is 5.91 Å². The number of thiazole rings is 1. The van der Waals surface area contributed by atoms with E-state index in [4.69, 9.17) is 0 Å². The number of hydrogen-bond donors (Lipinski definition) is 2. The van der Waals surface area contributed by atoms with Gasteiger partial charge >= 0.3 is 0 Å². The van der Waals surface area contributed by atoms with Gasteiger partial charge in [-0.15, -0.1) is 11.3 Å². The highest BCUT2D eigenvalue weighted by Gasteiger charge is 2.14. The van der Waals surface area contributed by atoms with E-state index in [1.807, 2.05) is 32.2 Å². The molecule has 3 rings (SSSR count). The van der Waals surface area contributed by atoms with Crippen molar-refractivity contribution in [3.8, 4) is 10.7 Å². The largest absolute Gasteiger partial charge is 0.359 e. The number of hydrogen-bond acceptors (Lipinski definition) is 3. The summed E-state index contributed by atoms with van der Waals surface area (Å²) in [5.41, 5.74) is 5.14. The number of nitrogens with zero attached hydrogens (tertiary/aromatic N) is 1. The van der Waals surface area contributed by atoms with E-state index >= 15 is 0 Å². The Bertz CT molecular complexity index is 795. The third kappa shape index (κ3) is 2.80. The molecule has 0 aliphatic carbocycles. The zero-order chi connectivity index (χ0) is 15.7. The molecule has 22 heavy (non-hydrogen) atoms. The molecule has 0 radical (unpaired) electrons. The minimum atomic E-state index is -0.120. The maximum absolute atomic E-state index is 12.4. The molecule has 0 spiro atoms. The van der Waals surface area contributed by atoms with Gasteiger partial charge in [0.1, 0.15) is 9.88 Å². The van der Waals surface area contributed by atoms with Crippen LogP contribution in [0.15, 0.2) is 36.7 Å². The van der Waals surface area contributed by atoms with Crippen LogP contribution in [0.2, 0.25) is 0 Å². The second-order valence-corrected chi connectivity index (χ2v) is 6.37. The molecule has 0 aliphatic heterocycles. The first-order valence-corrected chi connectivity index (χ1v) is 7.85. The smallest absolute Gasteiger partial charge is 0.267 e. The van der Waals surface area contributed by atoms with Gasteiger partial charge in [-0.05, 0) is 44.0 Å². The standard InChI is InChI=1S/C17H17N3OS/c1-10-7-11(2)15(12(3)8-10)20-16(21)14-9-19-17(22-14)13-5-4-6-18-13/h4-9,18H,1-3H3,(H,20,21). The van der Waals surface area contributed by atoms with Crippen molar-refractivity contribution < 1.29 is 4.79 Å². The highest BCUT2D eigenvalue weighted by Crippen LogP contribution is 2.26. The van der Waals surface area contributed by atoms with Crippen molar-refractivity contribution in [2.45, 2.75) is 20.8 Å². The first-order valence-electron chi connectivity index (χ1n) is 7.03. The Morgan fingerprint density at radius 2 is 1.95 bits per heavy atom.